The SMILES string of the molecule is Cc1sc(=O)n(CC(=O)N2CCC(NC(=O)c3ccccc3)CC2)c1C. The first-order chi connectivity index (χ1) is 12.5. The first-order valence-electron chi connectivity index (χ1n) is 8.76. The average molecular weight is 373 g/mol. The molecule has 26 heavy (non-hydrogen) atoms. The van der Waals surface area contributed by atoms with Crippen molar-refractivity contribution in [2.24, 2.45) is 0 Å². The zero-order valence-electron chi connectivity index (χ0n) is 15.0. The molecule has 0 atom stereocenters. The molecule has 0 aliphatic carbocycles. The van der Waals surface area contributed by atoms with Crippen LogP contribution < -0.4 is 10.2 Å². The number of piperidine rings is 1. The second kappa shape index (κ2) is 7.86. The highest BCUT2D eigenvalue weighted by atomic mass is 32.1. The van der Waals surface area contributed by atoms with E-state index in [2.05, 4.69) is 5.32 Å². The monoisotopic (exact) mass is 373 g/mol. The maximum absolute atomic E-state index is 12.5. The van der Waals surface area contributed by atoms with Crippen LogP contribution in [0, 0.1) is 13.8 Å². The van der Waals surface area contributed by atoms with Crippen LogP contribution in [0.3, 0.4) is 0 Å². The Bertz CT molecular complexity index is 849. The van der Waals surface area contributed by atoms with E-state index in [9.17, 15) is 14.4 Å². The number of rotatable bonds is 4. The molecule has 2 amide bonds. The molecule has 1 saturated heterocycles. The van der Waals surface area contributed by atoms with Gasteiger partial charge in [0.25, 0.3) is 5.91 Å². The van der Waals surface area contributed by atoms with Crippen LogP contribution in [0.25, 0.3) is 0 Å². The smallest absolute Gasteiger partial charge is 0.308 e. The van der Waals surface area contributed by atoms with E-state index in [4.69, 9.17) is 0 Å². The summed E-state index contributed by atoms with van der Waals surface area (Å²) in [5.74, 6) is -0.118. The lowest BCUT2D eigenvalue weighted by Gasteiger charge is -2.32. The zero-order valence-corrected chi connectivity index (χ0v) is 15.8. The van der Waals surface area contributed by atoms with Crippen molar-refractivity contribution in [1.29, 1.82) is 0 Å². The highest BCUT2D eigenvalue weighted by Gasteiger charge is 2.25. The molecular formula is C19H23N3O3S. The summed E-state index contributed by atoms with van der Waals surface area (Å²) in [5, 5.41) is 3.04. The van der Waals surface area contributed by atoms with Crippen LogP contribution in [0.2, 0.25) is 0 Å². The van der Waals surface area contributed by atoms with Gasteiger partial charge in [-0.05, 0) is 38.8 Å². The van der Waals surface area contributed by atoms with Gasteiger partial charge in [0.1, 0.15) is 6.54 Å². The molecule has 0 radical (unpaired) electrons. The molecule has 2 heterocycles. The summed E-state index contributed by atoms with van der Waals surface area (Å²) in [7, 11) is 0. The Morgan fingerprint density at radius 2 is 1.81 bits per heavy atom. The van der Waals surface area contributed by atoms with Gasteiger partial charge in [-0.25, -0.2) is 0 Å². The van der Waals surface area contributed by atoms with Crippen molar-refractivity contribution in [2.75, 3.05) is 13.1 Å². The molecule has 1 fully saturated rings. The predicted octanol–water partition coefficient (Wildman–Crippen LogP) is 1.95. The number of benzene rings is 1. The summed E-state index contributed by atoms with van der Waals surface area (Å²) in [4.78, 5) is 39.3. The van der Waals surface area contributed by atoms with Crippen LogP contribution >= 0.6 is 11.3 Å². The Morgan fingerprint density at radius 3 is 2.38 bits per heavy atom. The van der Waals surface area contributed by atoms with Crippen molar-refractivity contribution in [2.45, 2.75) is 39.3 Å². The fourth-order valence-electron chi connectivity index (χ4n) is 3.14. The number of hydrogen-bond acceptors (Lipinski definition) is 4. The first kappa shape index (κ1) is 18.4. The summed E-state index contributed by atoms with van der Waals surface area (Å²) in [5.41, 5.74) is 1.51. The number of nitrogens with one attached hydrogen (secondary N) is 1. The van der Waals surface area contributed by atoms with Gasteiger partial charge >= 0.3 is 4.87 Å². The van der Waals surface area contributed by atoms with Gasteiger partial charge in [0.05, 0.1) is 0 Å². The summed E-state index contributed by atoms with van der Waals surface area (Å²) >= 11 is 1.18. The van der Waals surface area contributed by atoms with Crippen LogP contribution in [0.15, 0.2) is 35.1 Å². The van der Waals surface area contributed by atoms with Crippen molar-refractivity contribution in [3.63, 3.8) is 0 Å². The van der Waals surface area contributed by atoms with E-state index in [0.29, 0.717) is 18.7 Å². The number of aromatic nitrogens is 1. The van der Waals surface area contributed by atoms with Crippen LogP contribution in [0.5, 0.6) is 0 Å². The van der Waals surface area contributed by atoms with Crippen LogP contribution in [0.4, 0.5) is 0 Å². The molecule has 1 aromatic carbocycles. The fourth-order valence-corrected chi connectivity index (χ4v) is 3.97. The molecule has 0 spiro atoms. The second-order valence-corrected chi connectivity index (χ2v) is 7.76. The second-order valence-electron chi connectivity index (χ2n) is 6.59. The van der Waals surface area contributed by atoms with Gasteiger partial charge in [-0.1, -0.05) is 29.5 Å². The minimum Gasteiger partial charge on any atom is -0.349 e. The third-order valence-corrected chi connectivity index (χ3v) is 5.88. The Morgan fingerprint density at radius 1 is 1.15 bits per heavy atom. The lowest BCUT2D eigenvalue weighted by Crippen LogP contribution is -2.47. The van der Waals surface area contributed by atoms with E-state index in [-0.39, 0.29) is 29.3 Å². The molecule has 1 N–H and O–H groups in total. The molecule has 3 rings (SSSR count). The Balaban J connectivity index is 1.52. The number of aryl methyl sites for hydroxylation is 1. The van der Waals surface area contributed by atoms with E-state index in [1.807, 2.05) is 32.0 Å². The number of nitrogens with zero attached hydrogens (tertiary/aromatic N) is 2. The molecule has 2 aromatic rings. The summed E-state index contributed by atoms with van der Waals surface area (Å²) in [6.07, 6.45) is 1.45. The molecule has 6 nitrogen and oxygen atoms in total. The lowest BCUT2D eigenvalue weighted by molar-refractivity contribution is -0.133. The van der Waals surface area contributed by atoms with Crippen molar-refractivity contribution in [3.05, 3.63) is 56.1 Å². The Kier molecular flexibility index (Phi) is 5.56. The van der Waals surface area contributed by atoms with Crippen molar-refractivity contribution in [1.82, 2.24) is 14.8 Å². The number of carbonyl (C=O) groups is 2. The molecule has 0 unspecified atom stereocenters. The predicted molar refractivity (Wildman–Crippen MR) is 102 cm³/mol. The Hall–Kier alpha value is -2.41. The van der Waals surface area contributed by atoms with Crippen molar-refractivity contribution >= 4 is 23.2 Å². The van der Waals surface area contributed by atoms with Gasteiger partial charge in [0, 0.05) is 35.3 Å². The largest absolute Gasteiger partial charge is 0.349 e. The normalized spacial score (nSPS) is 15.1. The molecule has 0 bridgehead atoms. The fraction of sp³-hybridized carbons (Fsp3) is 0.421. The molecule has 1 aromatic heterocycles. The van der Waals surface area contributed by atoms with Gasteiger partial charge in [-0.15, -0.1) is 0 Å². The minimum absolute atomic E-state index is 0.0409. The molecule has 7 heteroatoms. The zero-order chi connectivity index (χ0) is 18.7. The van der Waals surface area contributed by atoms with Crippen LogP contribution in [-0.4, -0.2) is 40.4 Å². The quantitative estimate of drug-likeness (QED) is 0.890. The van der Waals surface area contributed by atoms with E-state index >= 15 is 0 Å². The maximum Gasteiger partial charge on any atom is 0.308 e. The third-order valence-electron chi connectivity index (χ3n) is 4.89. The summed E-state index contributed by atoms with van der Waals surface area (Å²) in [6.45, 7) is 5.04. The summed E-state index contributed by atoms with van der Waals surface area (Å²) < 4.78 is 1.55. The topological polar surface area (TPSA) is 71.4 Å². The maximum atomic E-state index is 12.5. The average Bonchev–Trinajstić information content (AvgIpc) is 2.89. The van der Waals surface area contributed by atoms with Gasteiger partial charge in [0.2, 0.25) is 5.91 Å². The Labute approximate surface area is 156 Å². The number of amides is 2. The number of thiazole rings is 1. The van der Waals surface area contributed by atoms with Crippen LogP contribution in [0.1, 0.15) is 33.8 Å². The minimum atomic E-state index is -0.0849. The van der Waals surface area contributed by atoms with E-state index < -0.39 is 0 Å². The standard InChI is InChI=1S/C19H23N3O3S/c1-13-14(2)26-19(25)22(13)12-17(23)21-10-8-16(9-11-21)20-18(24)15-6-4-3-5-7-15/h3-7,16H,8-12H2,1-2H3,(H,20,24). The number of likely N-dealkylation sites (tertiary alicyclic amines) is 1. The van der Waals surface area contributed by atoms with Gasteiger partial charge < -0.3 is 10.2 Å². The van der Waals surface area contributed by atoms with Gasteiger partial charge in [-0.3, -0.25) is 19.0 Å². The molecule has 1 aliphatic heterocycles. The van der Waals surface area contributed by atoms with E-state index in [1.54, 1.807) is 21.6 Å². The molecular weight excluding hydrogens is 350 g/mol. The van der Waals surface area contributed by atoms with Gasteiger partial charge in [0.15, 0.2) is 0 Å². The highest BCUT2D eigenvalue weighted by Crippen LogP contribution is 2.14. The number of carbonyl (C=O) groups excluding carboxylic acids is 2. The molecule has 0 saturated carbocycles. The summed E-state index contributed by atoms with van der Waals surface area (Å²) in [6, 6.07) is 9.20. The lowest BCUT2D eigenvalue weighted by atomic mass is 10.0. The third kappa shape index (κ3) is 4.04. The molecule has 138 valence electrons. The number of hydrogen-bond donors (Lipinski definition) is 1. The van der Waals surface area contributed by atoms with Crippen LogP contribution in [-0.2, 0) is 11.3 Å². The molecule has 1 aliphatic rings. The van der Waals surface area contributed by atoms with E-state index in [1.165, 1.54) is 11.3 Å². The van der Waals surface area contributed by atoms with E-state index in [0.717, 1.165) is 23.4 Å². The van der Waals surface area contributed by atoms with Crippen molar-refractivity contribution in [3.8, 4) is 0 Å². The van der Waals surface area contributed by atoms with Crippen molar-refractivity contribution < 1.29 is 9.59 Å². The van der Waals surface area contributed by atoms with Gasteiger partial charge in [-0.2, -0.15) is 0 Å². The highest BCUT2D eigenvalue weighted by molar-refractivity contribution is 7.09. The first-order valence-corrected chi connectivity index (χ1v) is 9.58.